The summed E-state index contributed by atoms with van der Waals surface area (Å²) in [5.41, 5.74) is 6.51. The number of nitrogens with two attached hydrogens (primary N) is 1. The first kappa shape index (κ1) is 12.0. The number of nitrogen functional groups attached to an aromatic ring is 1. The van der Waals surface area contributed by atoms with Crippen LogP contribution in [0.1, 0.15) is 0 Å². The summed E-state index contributed by atoms with van der Waals surface area (Å²) in [5.74, 6) is 2.66. The molecule has 6 nitrogen and oxygen atoms in total. The normalized spacial score (nSPS) is 12.5. The third-order valence-corrected chi connectivity index (χ3v) is 3.30. The van der Waals surface area contributed by atoms with Gasteiger partial charge in [0.05, 0.1) is 11.6 Å². The van der Waals surface area contributed by atoms with Gasteiger partial charge in [-0.25, -0.2) is 9.97 Å². The van der Waals surface area contributed by atoms with Crippen molar-refractivity contribution in [3.63, 3.8) is 0 Å². The molecule has 0 radical (unpaired) electrons. The van der Waals surface area contributed by atoms with E-state index in [2.05, 4.69) is 25.9 Å². The molecule has 19 heavy (non-hydrogen) atoms. The molecule has 0 unspecified atom stereocenters. The highest BCUT2D eigenvalue weighted by Crippen LogP contribution is 2.43. The van der Waals surface area contributed by atoms with Crippen molar-refractivity contribution in [3.8, 4) is 28.6 Å². The molecule has 98 valence electrons. The molecule has 1 aromatic heterocycles. The van der Waals surface area contributed by atoms with Gasteiger partial charge in [-0.05, 0) is 28.1 Å². The average molecular weight is 324 g/mol. The average Bonchev–Trinajstić information content (AvgIpc) is 2.89. The van der Waals surface area contributed by atoms with E-state index in [-0.39, 0.29) is 6.79 Å². The van der Waals surface area contributed by atoms with Crippen LogP contribution in [0.5, 0.6) is 17.2 Å². The fraction of sp³-hybridized carbons (Fsp3) is 0.167. The van der Waals surface area contributed by atoms with Crippen LogP contribution in [0.25, 0.3) is 11.4 Å². The summed E-state index contributed by atoms with van der Waals surface area (Å²) in [6.07, 6.45) is 1.61. The van der Waals surface area contributed by atoms with E-state index in [0.29, 0.717) is 33.4 Å². The van der Waals surface area contributed by atoms with Crippen LogP contribution < -0.4 is 19.9 Å². The van der Waals surface area contributed by atoms with E-state index in [1.807, 2.05) is 0 Å². The van der Waals surface area contributed by atoms with Gasteiger partial charge in [-0.1, -0.05) is 0 Å². The van der Waals surface area contributed by atoms with Crippen molar-refractivity contribution in [1.82, 2.24) is 9.97 Å². The number of methoxy groups -OCH3 is 1. The van der Waals surface area contributed by atoms with E-state index < -0.39 is 0 Å². The topological polar surface area (TPSA) is 79.5 Å². The van der Waals surface area contributed by atoms with E-state index in [1.54, 1.807) is 25.4 Å². The van der Waals surface area contributed by atoms with Gasteiger partial charge < -0.3 is 19.9 Å². The summed E-state index contributed by atoms with van der Waals surface area (Å²) < 4.78 is 16.6. The van der Waals surface area contributed by atoms with Crippen LogP contribution in [0.4, 0.5) is 5.82 Å². The molecule has 0 saturated heterocycles. The Bertz CT molecular complexity index is 648. The number of rotatable bonds is 2. The third-order valence-electron chi connectivity index (χ3n) is 2.69. The smallest absolute Gasteiger partial charge is 0.231 e. The Morgan fingerprint density at radius 1 is 1.37 bits per heavy atom. The molecular formula is C12H10BrN3O3. The molecule has 0 spiro atoms. The number of hydrogen-bond donors (Lipinski definition) is 1. The van der Waals surface area contributed by atoms with E-state index in [0.717, 1.165) is 5.56 Å². The molecule has 0 amide bonds. The lowest BCUT2D eigenvalue weighted by Crippen LogP contribution is -1.97. The zero-order chi connectivity index (χ0) is 13.4. The lowest BCUT2D eigenvalue weighted by molar-refractivity contribution is 0.171. The van der Waals surface area contributed by atoms with Crippen LogP contribution in [-0.2, 0) is 0 Å². The maximum absolute atomic E-state index is 5.76. The van der Waals surface area contributed by atoms with Crippen molar-refractivity contribution in [3.05, 3.63) is 22.8 Å². The first-order valence-electron chi connectivity index (χ1n) is 5.45. The van der Waals surface area contributed by atoms with E-state index in [4.69, 9.17) is 19.9 Å². The second kappa shape index (κ2) is 4.58. The predicted molar refractivity (Wildman–Crippen MR) is 72.3 cm³/mol. The Morgan fingerprint density at radius 2 is 2.21 bits per heavy atom. The van der Waals surface area contributed by atoms with E-state index in [1.165, 1.54) is 0 Å². The Labute approximate surface area is 117 Å². The minimum absolute atomic E-state index is 0.179. The van der Waals surface area contributed by atoms with Gasteiger partial charge in [0, 0.05) is 11.8 Å². The number of ether oxygens (including phenoxy) is 3. The number of benzene rings is 1. The van der Waals surface area contributed by atoms with Gasteiger partial charge >= 0.3 is 0 Å². The summed E-state index contributed by atoms with van der Waals surface area (Å²) in [6.45, 7) is 0.179. The number of aromatic nitrogens is 2. The standard InChI is InChI=1S/C12H10BrN3O3/c1-17-8-2-6(3-9-10(8)19-5-18-9)12-15-4-7(13)11(14)16-12/h2-4H,5H2,1H3,(H2,14,15,16). The fourth-order valence-corrected chi connectivity index (χ4v) is 1.97. The summed E-state index contributed by atoms with van der Waals surface area (Å²) in [5, 5.41) is 0. The molecule has 0 bridgehead atoms. The lowest BCUT2D eigenvalue weighted by atomic mass is 10.1. The quantitative estimate of drug-likeness (QED) is 0.912. The van der Waals surface area contributed by atoms with Gasteiger partial charge in [0.15, 0.2) is 17.3 Å². The van der Waals surface area contributed by atoms with Crippen molar-refractivity contribution in [1.29, 1.82) is 0 Å². The van der Waals surface area contributed by atoms with Crippen LogP contribution in [0.2, 0.25) is 0 Å². The van der Waals surface area contributed by atoms with Crippen LogP contribution in [0, 0.1) is 0 Å². The van der Waals surface area contributed by atoms with Gasteiger partial charge in [0.25, 0.3) is 0 Å². The highest BCUT2D eigenvalue weighted by Gasteiger charge is 2.21. The van der Waals surface area contributed by atoms with Crippen LogP contribution in [0.3, 0.4) is 0 Å². The second-order valence-electron chi connectivity index (χ2n) is 3.84. The molecule has 1 aromatic carbocycles. The molecule has 2 N–H and O–H groups in total. The zero-order valence-electron chi connectivity index (χ0n) is 10.0. The Morgan fingerprint density at radius 3 is 2.95 bits per heavy atom. The minimum Gasteiger partial charge on any atom is -0.493 e. The minimum atomic E-state index is 0.179. The molecule has 1 aliphatic rings. The van der Waals surface area contributed by atoms with E-state index in [9.17, 15) is 0 Å². The molecule has 1 aliphatic heterocycles. The number of nitrogens with zero attached hydrogens (tertiary/aromatic N) is 2. The maximum Gasteiger partial charge on any atom is 0.231 e. The highest BCUT2D eigenvalue weighted by atomic mass is 79.9. The van der Waals surface area contributed by atoms with Crippen molar-refractivity contribution in [2.24, 2.45) is 0 Å². The molecule has 2 heterocycles. The summed E-state index contributed by atoms with van der Waals surface area (Å²) in [6, 6.07) is 3.59. The SMILES string of the molecule is COc1cc(-c2ncc(Br)c(N)n2)cc2c1OCO2. The first-order chi connectivity index (χ1) is 9.19. The van der Waals surface area contributed by atoms with Gasteiger partial charge in [0.2, 0.25) is 12.5 Å². The van der Waals surface area contributed by atoms with Crippen LogP contribution in [0.15, 0.2) is 22.8 Å². The fourth-order valence-electron chi connectivity index (χ4n) is 1.78. The molecule has 0 fully saturated rings. The van der Waals surface area contributed by atoms with Crippen LogP contribution >= 0.6 is 15.9 Å². The number of hydrogen-bond acceptors (Lipinski definition) is 6. The van der Waals surface area contributed by atoms with E-state index >= 15 is 0 Å². The van der Waals surface area contributed by atoms with Crippen LogP contribution in [-0.4, -0.2) is 23.9 Å². The number of anilines is 1. The predicted octanol–water partition coefficient (Wildman–Crippen LogP) is 2.23. The summed E-state index contributed by atoms with van der Waals surface area (Å²) in [4.78, 5) is 8.43. The maximum atomic E-state index is 5.76. The molecule has 0 aliphatic carbocycles. The van der Waals surface area contributed by atoms with Gasteiger partial charge in [0.1, 0.15) is 5.82 Å². The monoisotopic (exact) mass is 323 g/mol. The van der Waals surface area contributed by atoms with Gasteiger partial charge in [-0.3, -0.25) is 0 Å². The van der Waals surface area contributed by atoms with Crippen molar-refractivity contribution in [2.75, 3.05) is 19.6 Å². The zero-order valence-corrected chi connectivity index (χ0v) is 11.6. The molecule has 0 saturated carbocycles. The van der Waals surface area contributed by atoms with Crippen molar-refractivity contribution in [2.45, 2.75) is 0 Å². The Balaban J connectivity index is 2.12. The number of fused-ring (bicyclic) bond motifs is 1. The van der Waals surface area contributed by atoms with Crippen molar-refractivity contribution < 1.29 is 14.2 Å². The molecule has 7 heteroatoms. The Kier molecular flexibility index (Phi) is 2.90. The van der Waals surface area contributed by atoms with Gasteiger partial charge in [-0.2, -0.15) is 0 Å². The summed E-state index contributed by atoms with van der Waals surface area (Å²) >= 11 is 3.26. The molecular weight excluding hydrogens is 314 g/mol. The first-order valence-corrected chi connectivity index (χ1v) is 6.24. The largest absolute Gasteiger partial charge is 0.493 e. The molecule has 0 atom stereocenters. The Hall–Kier alpha value is -2.02. The lowest BCUT2D eigenvalue weighted by Gasteiger charge is -2.08. The molecule has 3 rings (SSSR count). The van der Waals surface area contributed by atoms with Gasteiger partial charge in [-0.15, -0.1) is 0 Å². The highest BCUT2D eigenvalue weighted by molar-refractivity contribution is 9.10. The number of halogens is 1. The summed E-state index contributed by atoms with van der Waals surface area (Å²) in [7, 11) is 1.57. The third kappa shape index (κ3) is 2.06. The second-order valence-corrected chi connectivity index (χ2v) is 4.69. The van der Waals surface area contributed by atoms with Crippen molar-refractivity contribution >= 4 is 21.7 Å². The molecule has 2 aromatic rings.